The zero-order chi connectivity index (χ0) is 16.9. The van der Waals surface area contributed by atoms with Gasteiger partial charge in [0.05, 0.1) is 6.20 Å². The average molecular weight is 347 g/mol. The maximum absolute atomic E-state index is 12.4. The van der Waals surface area contributed by atoms with Gasteiger partial charge in [-0.25, -0.2) is 4.98 Å². The molecule has 1 aliphatic rings. The minimum atomic E-state index is 0.204. The van der Waals surface area contributed by atoms with Crippen LogP contribution in [0.25, 0.3) is 11.3 Å². The lowest BCUT2D eigenvalue weighted by atomic mass is 10.0. The fourth-order valence-corrected chi connectivity index (χ4v) is 3.18. The zero-order valence-electron chi connectivity index (χ0n) is 14.0. The van der Waals surface area contributed by atoms with E-state index < -0.39 is 0 Å². The fourth-order valence-electron chi connectivity index (χ4n) is 3.06. The fraction of sp³-hybridized carbons (Fsp3) is 0.474. The molecule has 1 aromatic heterocycles. The summed E-state index contributed by atoms with van der Waals surface area (Å²) in [6.45, 7) is 4.02. The Kier molecular flexibility index (Phi) is 5.56. The highest BCUT2D eigenvalue weighted by atomic mass is 35.5. The summed E-state index contributed by atoms with van der Waals surface area (Å²) in [6, 6.07) is 7.44. The number of hydrogen-bond donors (Lipinski definition) is 0. The van der Waals surface area contributed by atoms with Crippen LogP contribution in [0.4, 0.5) is 0 Å². The van der Waals surface area contributed by atoms with Gasteiger partial charge in [-0.2, -0.15) is 0 Å². The molecular formula is C19H23ClN2O2. The van der Waals surface area contributed by atoms with Crippen molar-refractivity contribution in [1.29, 1.82) is 0 Å². The van der Waals surface area contributed by atoms with Gasteiger partial charge < -0.3 is 9.32 Å². The van der Waals surface area contributed by atoms with Crippen molar-refractivity contribution in [3.63, 3.8) is 0 Å². The molecule has 5 heteroatoms. The van der Waals surface area contributed by atoms with Gasteiger partial charge in [-0.3, -0.25) is 4.79 Å². The number of hydrogen-bond acceptors (Lipinski definition) is 3. The molecule has 4 nitrogen and oxygen atoms in total. The number of carbonyl (C=O) groups excluding carboxylic acids is 1. The SMILES string of the molecule is CC1CCCN(C(=O)CCc2ncc(-c3ccc(Cl)cc3)o2)CC1. The first-order chi connectivity index (χ1) is 11.6. The second-order valence-electron chi connectivity index (χ2n) is 6.54. The molecule has 3 rings (SSSR count). The van der Waals surface area contributed by atoms with Crippen molar-refractivity contribution in [3.8, 4) is 11.3 Å². The monoisotopic (exact) mass is 346 g/mol. The summed E-state index contributed by atoms with van der Waals surface area (Å²) in [5.74, 6) is 2.24. The topological polar surface area (TPSA) is 46.3 Å². The minimum absolute atomic E-state index is 0.204. The molecule has 1 aliphatic heterocycles. The van der Waals surface area contributed by atoms with Gasteiger partial charge in [-0.1, -0.05) is 18.5 Å². The summed E-state index contributed by atoms with van der Waals surface area (Å²) in [5, 5.41) is 0.691. The number of nitrogens with zero attached hydrogens (tertiary/aromatic N) is 2. The quantitative estimate of drug-likeness (QED) is 0.814. The van der Waals surface area contributed by atoms with E-state index in [-0.39, 0.29) is 5.91 Å². The van der Waals surface area contributed by atoms with Gasteiger partial charge in [0.25, 0.3) is 0 Å². The largest absolute Gasteiger partial charge is 0.441 e. The van der Waals surface area contributed by atoms with E-state index in [9.17, 15) is 4.79 Å². The molecule has 0 aliphatic carbocycles. The second kappa shape index (κ2) is 7.84. The normalized spacial score (nSPS) is 18.4. The van der Waals surface area contributed by atoms with Crippen LogP contribution >= 0.6 is 11.6 Å². The summed E-state index contributed by atoms with van der Waals surface area (Å²) in [7, 11) is 0. The molecule has 0 spiro atoms. The van der Waals surface area contributed by atoms with Gasteiger partial charge in [0, 0.05) is 36.5 Å². The Morgan fingerprint density at radius 1 is 1.29 bits per heavy atom. The van der Waals surface area contributed by atoms with Crippen molar-refractivity contribution in [2.75, 3.05) is 13.1 Å². The Hall–Kier alpha value is -1.81. The summed E-state index contributed by atoms with van der Waals surface area (Å²) in [5.41, 5.74) is 0.936. The standard InChI is InChI=1S/C19H23ClN2O2/c1-14-3-2-11-22(12-10-14)19(23)9-8-18-21-13-17(24-18)15-4-6-16(20)7-5-15/h4-7,13-14H,2-3,8-12H2,1H3. The maximum Gasteiger partial charge on any atom is 0.223 e. The predicted octanol–water partition coefficient (Wildman–Crippen LogP) is 4.58. The summed E-state index contributed by atoms with van der Waals surface area (Å²) in [6.07, 6.45) is 6.12. The number of halogens is 1. The lowest BCUT2D eigenvalue weighted by molar-refractivity contribution is -0.131. The number of likely N-dealkylation sites (tertiary alicyclic amines) is 1. The molecule has 0 radical (unpaired) electrons. The number of oxazole rings is 1. The predicted molar refractivity (Wildman–Crippen MR) is 94.9 cm³/mol. The van der Waals surface area contributed by atoms with Gasteiger partial charge in [-0.15, -0.1) is 0 Å². The van der Waals surface area contributed by atoms with E-state index in [4.69, 9.17) is 16.0 Å². The molecule has 2 aromatic rings. The molecule has 1 unspecified atom stereocenters. The van der Waals surface area contributed by atoms with Crippen molar-refractivity contribution >= 4 is 17.5 Å². The van der Waals surface area contributed by atoms with E-state index in [0.29, 0.717) is 29.5 Å². The molecule has 1 fully saturated rings. The third kappa shape index (κ3) is 4.38. The Bertz CT molecular complexity index is 681. The third-order valence-corrected chi connectivity index (χ3v) is 4.86. The number of carbonyl (C=O) groups is 1. The number of benzene rings is 1. The van der Waals surface area contributed by atoms with E-state index in [1.807, 2.05) is 29.2 Å². The first kappa shape index (κ1) is 17.0. The van der Waals surface area contributed by atoms with Gasteiger partial charge in [-0.05, 0) is 49.4 Å². The summed E-state index contributed by atoms with van der Waals surface area (Å²) in [4.78, 5) is 18.7. The van der Waals surface area contributed by atoms with E-state index in [1.54, 1.807) is 6.20 Å². The molecule has 1 saturated heterocycles. The van der Waals surface area contributed by atoms with Crippen LogP contribution in [-0.2, 0) is 11.2 Å². The average Bonchev–Trinajstić information content (AvgIpc) is 2.94. The highest BCUT2D eigenvalue weighted by Gasteiger charge is 2.19. The Morgan fingerprint density at radius 2 is 2.08 bits per heavy atom. The molecule has 0 bridgehead atoms. The summed E-state index contributed by atoms with van der Waals surface area (Å²) >= 11 is 5.89. The number of rotatable bonds is 4. The zero-order valence-corrected chi connectivity index (χ0v) is 14.8. The van der Waals surface area contributed by atoms with Crippen LogP contribution < -0.4 is 0 Å². The first-order valence-corrected chi connectivity index (χ1v) is 8.98. The Labute approximate surface area is 147 Å². The molecule has 0 saturated carbocycles. The van der Waals surface area contributed by atoms with Crippen LogP contribution in [0.1, 0.15) is 38.5 Å². The van der Waals surface area contributed by atoms with Gasteiger partial charge >= 0.3 is 0 Å². The van der Waals surface area contributed by atoms with Crippen LogP contribution in [0, 0.1) is 5.92 Å². The molecular weight excluding hydrogens is 324 g/mol. The second-order valence-corrected chi connectivity index (χ2v) is 6.98. The highest BCUT2D eigenvalue weighted by molar-refractivity contribution is 6.30. The number of aromatic nitrogens is 1. The molecule has 24 heavy (non-hydrogen) atoms. The van der Waals surface area contributed by atoms with Crippen LogP contribution in [0.15, 0.2) is 34.9 Å². The van der Waals surface area contributed by atoms with Crippen molar-refractivity contribution in [2.24, 2.45) is 5.92 Å². The molecule has 0 N–H and O–H groups in total. The first-order valence-electron chi connectivity index (χ1n) is 8.60. The van der Waals surface area contributed by atoms with Crippen molar-refractivity contribution in [3.05, 3.63) is 41.4 Å². The minimum Gasteiger partial charge on any atom is -0.441 e. The molecule has 2 heterocycles. The van der Waals surface area contributed by atoms with E-state index >= 15 is 0 Å². The van der Waals surface area contributed by atoms with Crippen LogP contribution in [0.3, 0.4) is 0 Å². The van der Waals surface area contributed by atoms with Gasteiger partial charge in [0.2, 0.25) is 5.91 Å². The molecule has 1 amide bonds. The molecule has 1 atom stereocenters. The highest BCUT2D eigenvalue weighted by Crippen LogP contribution is 2.23. The van der Waals surface area contributed by atoms with E-state index in [1.165, 1.54) is 6.42 Å². The van der Waals surface area contributed by atoms with Gasteiger partial charge in [0.15, 0.2) is 11.7 Å². The van der Waals surface area contributed by atoms with Crippen molar-refractivity contribution in [1.82, 2.24) is 9.88 Å². The lowest BCUT2D eigenvalue weighted by Gasteiger charge is -2.20. The smallest absolute Gasteiger partial charge is 0.223 e. The Morgan fingerprint density at radius 3 is 2.88 bits per heavy atom. The summed E-state index contributed by atoms with van der Waals surface area (Å²) < 4.78 is 5.76. The lowest BCUT2D eigenvalue weighted by Crippen LogP contribution is -2.32. The molecule has 128 valence electrons. The van der Waals surface area contributed by atoms with E-state index in [0.717, 1.165) is 37.4 Å². The maximum atomic E-state index is 12.4. The van der Waals surface area contributed by atoms with Crippen LogP contribution in [-0.4, -0.2) is 28.9 Å². The van der Waals surface area contributed by atoms with Crippen molar-refractivity contribution in [2.45, 2.75) is 39.0 Å². The van der Waals surface area contributed by atoms with E-state index in [2.05, 4.69) is 11.9 Å². The number of amides is 1. The number of aryl methyl sites for hydroxylation is 1. The van der Waals surface area contributed by atoms with Crippen molar-refractivity contribution < 1.29 is 9.21 Å². The van der Waals surface area contributed by atoms with Gasteiger partial charge in [0.1, 0.15) is 0 Å². The van der Waals surface area contributed by atoms with Crippen LogP contribution in [0.2, 0.25) is 5.02 Å². The Balaban J connectivity index is 1.55. The third-order valence-electron chi connectivity index (χ3n) is 4.60. The molecule has 1 aromatic carbocycles. The van der Waals surface area contributed by atoms with Crippen LogP contribution in [0.5, 0.6) is 0 Å².